The molecule has 2 saturated heterocycles. The molecule has 0 aliphatic carbocycles. The van der Waals surface area contributed by atoms with Crippen molar-refractivity contribution in [1.29, 1.82) is 0 Å². The van der Waals surface area contributed by atoms with Gasteiger partial charge in [-0.05, 0) is 57.0 Å². The second-order valence-corrected chi connectivity index (χ2v) is 7.99. The van der Waals surface area contributed by atoms with Gasteiger partial charge in [-0.1, -0.05) is 6.42 Å². The molecule has 3 aliphatic rings. The van der Waals surface area contributed by atoms with Crippen molar-refractivity contribution in [3.05, 3.63) is 29.6 Å². The van der Waals surface area contributed by atoms with Gasteiger partial charge in [0.25, 0.3) is 5.91 Å². The van der Waals surface area contributed by atoms with Crippen molar-refractivity contribution in [2.24, 2.45) is 0 Å². The van der Waals surface area contributed by atoms with Crippen LogP contribution in [0, 0.1) is 5.82 Å². The predicted octanol–water partition coefficient (Wildman–Crippen LogP) is 1.38. The SMILES string of the molecule is O=C(CN1C(=O)[C@H]2CCCN2C(=O)c2cc(F)ccc21)NCCN1CCCCC1. The first kappa shape index (κ1) is 19.8. The van der Waals surface area contributed by atoms with E-state index in [-0.39, 0.29) is 29.8 Å². The van der Waals surface area contributed by atoms with Crippen LogP contribution in [0.5, 0.6) is 0 Å². The summed E-state index contributed by atoms with van der Waals surface area (Å²) in [6, 6.07) is 3.22. The summed E-state index contributed by atoms with van der Waals surface area (Å²) in [4.78, 5) is 43.7. The number of carbonyl (C=O) groups is 3. The summed E-state index contributed by atoms with van der Waals surface area (Å²) < 4.78 is 13.8. The van der Waals surface area contributed by atoms with Crippen molar-refractivity contribution < 1.29 is 18.8 Å². The monoisotopic (exact) mass is 402 g/mol. The number of nitrogens with zero attached hydrogens (tertiary/aromatic N) is 3. The van der Waals surface area contributed by atoms with E-state index in [0.29, 0.717) is 25.2 Å². The number of nitrogens with one attached hydrogen (secondary N) is 1. The highest BCUT2D eigenvalue weighted by atomic mass is 19.1. The van der Waals surface area contributed by atoms with Crippen molar-refractivity contribution in [3.63, 3.8) is 0 Å². The predicted molar refractivity (Wildman–Crippen MR) is 106 cm³/mol. The number of hydrogen-bond donors (Lipinski definition) is 1. The van der Waals surface area contributed by atoms with Gasteiger partial charge in [-0.25, -0.2) is 4.39 Å². The average Bonchev–Trinajstić information content (AvgIpc) is 3.19. The normalized spacial score (nSPS) is 22.3. The van der Waals surface area contributed by atoms with Crippen LogP contribution in [0.25, 0.3) is 0 Å². The number of rotatable bonds is 5. The summed E-state index contributed by atoms with van der Waals surface area (Å²) in [5, 5.41) is 2.88. The van der Waals surface area contributed by atoms with Crippen molar-refractivity contribution >= 4 is 23.4 Å². The van der Waals surface area contributed by atoms with Crippen LogP contribution >= 0.6 is 0 Å². The molecule has 0 spiro atoms. The first-order valence-corrected chi connectivity index (χ1v) is 10.5. The van der Waals surface area contributed by atoms with Gasteiger partial charge < -0.3 is 20.0 Å². The molecule has 0 radical (unpaired) electrons. The third-order valence-corrected chi connectivity index (χ3v) is 6.05. The molecule has 1 aromatic rings. The van der Waals surface area contributed by atoms with Gasteiger partial charge in [0.1, 0.15) is 18.4 Å². The van der Waals surface area contributed by atoms with Gasteiger partial charge in [-0.3, -0.25) is 14.4 Å². The number of hydrogen-bond acceptors (Lipinski definition) is 4. The fraction of sp³-hybridized carbons (Fsp3) is 0.571. The van der Waals surface area contributed by atoms with Crippen LogP contribution in [0.15, 0.2) is 18.2 Å². The Labute approximate surface area is 169 Å². The molecule has 0 saturated carbocycles. The second-order valence-electron chi connectivity index (χ2n) is 7.99. The molecule has 1 N–H and O–H groups in total. The van der Waals surface area contributed by atoms with Gasteiger partial charge in [0.15, 0.2) is 0 Å². The molecule has 3 amide bonds. The number of amides is 3. The van der Waals surface area contributed by atoms with E-state index in [1.807, 2.05) is 0 Å². The molecule has 1 atom stereocenters. The lowest BCUT2D eigenvalue weighted by Gasteiger charge is -2.27. The fourth-order valence-corrected chi connectivity index (χ4v) is 4.53. The molecule has 8 heteroatoms. The first-order chi connectivity index (χ1) is 14.0. The summed E-state index contributed by atoms with van der Waals surface area (Å²) in [7, 11) is 0. The van der Waals surface area contributed by atoms with Crippen LogP contribution in [0.4, 0.5) is 10.1 Å². The molecular weight excluding hydrogens is 375 g/mol. The summed E-state index contributed by atoms with van der Waals surface area (Å²) in [6.07, 6.45) is 4.93. The second kappa shape index (κ2) is 8.49. The van der Waals surface area contributed by atoms with Crippen LogP contribution in [-0.4, -0.2) is 72.8 Å². The molecule has 1 aromatic carbocycles. The lowest BCUT2D eigenvalue weighted by molar-refractivity contribution is -0.125. The Kier molecular flexibility index (Phi) is 5.80. The van der Waals surface area contributed by atoms with Gasteiger partial charge >= 0.3 is 0 Å². The minimum Gasteiger partial charge on any atom is -0.353 e. The highest BCUT2D eigenvalue weighted by Crippen LogP contribution is 2.32. The molecule has 7 nitrogen and oxygen atoms in total. The number of piperidine rings is 1. The van der Waals surface area contributed by atoms with Gasteiger partial charge in [0.05, 0.1) is 11.3 Å². The minimum absolute atomic E-state index is 0.142. The molecule has 156 valence electrons. The molecular formula is C21H27FN4O3. The number of carbonyl (C=O) groups excluding carboxylic acids is 3. The van der Waals surface area contributed by atoms with Crippen LogP contribution in [0.1, 0.15) is 42.5 Å². The lowest BCUT2D eigenvalue weighted by atomic mass is 10.1. The van der Waals surface area contributed by atoms with Gasteiger partial charge in [-0.2, -0.15) is 0 Å². The van der Waals surface area contributed by atoms with E-state index >= 15 is 0 Å². The number of halogens is 1. The number of likely N-dealkylation sites (tertiary alicyclic amines) is 1. The zero-order chi connectivity index (χ0) is 20.4. The molecule has 3 aliphatic heterocycles. The van der Waals surface area contributed by atoms with Gasteiger partial charge in [0, 0.05) is 19.6 Å². The fourth-order valence-electron chi connectivity index (χ4n) is 4.53. The van der Waals surface area contributed by atoms with Crippen LogP contribution < -0.4 is 10.2 Å². The zero-order valence-electron chi connectivity index (χ0n) is 16.5. The maximum atomic E-state index is 13.8. The Hall–Kier alpha value is -2.48. The van der Waals surface area contributed by atoms with E-state index in [1.54, 1.807) is 0 Å². The number of benzene rings is 1. The Morgan fingerprint density at radius 3 is 2.69 bits per heavy atom. The van der Waals surface area contributed by atoms with Gasteiger partial charge in [-0.15, -0.1) is 0 Å². The Balaban J connectivity index is 1.47. The average molecular weight is 402 g/mol. The van der Waals surface area contributed by atoms with Crippen molar-refractivity contribution in [1.82, 2.24) is 15.1 Å². The molecule has 3 heterocycles. The topological polar surface area (TPSA) is 73.0 Å². The van der Waals surface area contributed by atoms with E-state index < -0.39 is 11.9 Å². The maximum Gasteiger partial charge on any atom is 0.256 e. The smallest absolute Gasteiger partial charge is 0.256 e. The van der Waals surface area contributed by atoms with Crippen LogP contribution in [0.2, 0.25) is 0 Å². The Morgan fingerprint density at radius 1 is 1.10 bits per heavy atom. The lowest BCUT2D eigenvalue weighted by Crippen LogP contribution is -2.48. The van der Waals surface area contributed by atoms with E-state index in [4.69, 9.17) is 0 Å². The number of fused-ring (bicyclic) bond motifs is 2. The van der Waals surface area contributed by atoms with Crippen LogP contribution in [-0.2, 0) is 9.59 Å². The molecule has 4 rings (SSSR count). The molecule has 2 fully saturated rings. The van der Waals surface area contributed by atoms with Gasteiger partial charge in [0.2, 0.25) is 11.8 Å². The first-order valence-electron chi connectivity index (χ1n) is 10.5. The molecule has 0 bridgehead atoms. The van der Waals surface area contributed by atoms with E-state index in [0.717, 1.165) is 32.1 Å². The summed E-state index contributed by atoms with van der Waals surface area (Å²) in [5.74, 6) is -1.42. The van der Waals surface area contributed by atoms with Crippen molar-refractivity contribution in [2.75, 3.05) is 44.2 Å². The zero-order valence-corrected chi connectivity index (χ0v) is 16.5. The number of anilines is 1. The third kappa shape index (κ3) is 4.12. The van der Waals surface area contributed by atoms with Crippen LogP contribution in [0.3, 0.4) is 0 Å². The summed E-state index contributed by atoms with van der Waals surface area (Å²) in [6.45, 7) is 3.72. The molecule has 0 aromatic heterocycles. The maximum absolute atomic E-state index is 13.8. The van der Waals surface area contributed by atoms with E-state index in [9.17, 15) is 18.8 Å². The Bertz CT molecular complexity index is 809. The highest BCUT2D eigenvalue weighted by Gasteiger charge is 2.42. The highest BCUT2D eigenvalue weighted by molar-refractivity contribution is 6.12. The quantitative estimate of drug-likeness (QED) is 0.808. The minimum atomic E-state index is -0.584. The summed E-state index contributed by atoms with van der Waals surface area (Å²) >= 11 is 0. The standard InChI is InChI=1S/C21H27FN4O3/c22-15-6-7-17-16(13-15)20(28)25-11-4-5-18(25)21(29)26(17)14-19(27)23-8-12-24-9-2-1-3-10-24/h6-7,13,18H,1-5,8-12,14H2,(H,23,27)/t18-/m1/s1. The largest absolute Gasteiger partial charge is 0.353 e. The van der Waals surface area contributed by atoms with Crippen molar-refractivity contribution in [2.45, 2.75) is 38.1 Å². The van der Waals surface area contributed by atoms with E-state index in [1.165, 1.54) is 41.2 Å². The molecule has 29 heavy (non-hydrogen) atoms. The molecule has 0 unspecified atom stereocenters. The third-order valence-electron chi connectivity index (χ3n) is 6.05. The van der Waals surface area contributed by atoms with Crippen molar-refractivity contribution in [3.8, 4) is 0 Å². The Morgan fingerprint density at radius 2 is 1.90 bits per heavy atom. The van der Waals surface area contributed by atoms with E-state index in [2.05, 4.69) is 10.2 Å². The summed E-state index contributed by atoms with van der Waals surface area (Å²) in [5.41, 5.74) is 0.450.